The second kappa shape index (κ2) is 5.44. The van der Waals surface area contributed by atoms with Gasteiger partial charge in [0.2, 0.25) is 0 Å². The SMILES string of the molecule is O=C(Oc1ccc(F)cc1Br)c1c(F)cccc1F. The maximum atomic E-state index is 13.4. The Bertz CT molecular complexity index is 624. The zero-order chi connectivity index (χ0) is 14.0. The minimum absolute atomic E-state index is 0.0333. The van der Waals surface area contributed by atoms with Gasteiger partial charge in [0.1, 0.15) is 28.8 Å². The monoisotopic (exact) mass is 330 g/mol. The quantitative estimate of drug-likeness (QED) is 0.612. The molecule has 0 N–H and O–H groups in total. The van der Waals surface area contributed by atoms with Crippen LogP contribution in [0, 0.1) is 17.5 Å². The van der Waals surface area contributed by atoms with E-state index in [0.29, 0.717) is 0 Å². The molecule has 0 fully saturated rings. The van der Waals surface area contributed by atoms with Gasteiger partial charge in [-0.1, -0.05) is 6.07 Å². The molecular weight excluding hydrogens is 325 g/mol. The van der Waals surface area contributed by atoms with E-state index in [1.807, 2.05) is 0 Å². The van der Waals surface area contributed by atoms with E-state index in [4.69, 9.17) is 4.74 Å². The van der Waals surface area contributed by atoms with Gasteiger partial charge < -0.3 is 4.74 Å². The summed E-state index contributed by atoms with van der Waals surface area (Å²) < 4.78 is 44.5. The predicted molar refractivity (Wildman–Crippen MR) is 65.4 cm³/mol. The van der Waals surface area contributed by atoms with Gasteiger partial charge in [-0.25, -0.2) is 18.0 Å². The fraction of sp³-hybridized carbons (Fsp3) is 0. The highest BCUT2D eigenvalue weighted by Crippen LogP contribution is 2.26. The Morgan fingerprint density at radius 3 is 2.26 bits per heavy atom. The summed E-state index contributed by atoms with van der Waals surface area (Å²) in [6, 6.07) is 6.33. The fourth-order valence-electron chi connectivity index (χ4n) is 1.40. The van der Waals surface area contributed by atoms with Gasteiger partial charge in [0.05, 0.1) is 4.47 Å². The first-order valence-electron chi connectivity index (χ1n) is 5.10. The molecule has 0 saturated carbocycles. The van der Waals surface area contributed by atoms with E-state index >= 15 is 0 Å². The molecule has 98 valence electrons. The van der Waals surface area contributed by atoms with Gasteiger partial charge >= 0.3 is 5.97 Å². The summed E-state index contributed by atoms with van der Waals surface area (Å²) in [7, 11) is 0. The normalized spacial score (nSPS) is 10.3. The molecule has 2 aromatic rings. The number of esters is 1. The largest absolute Gasteiger partial charge is 0.422 e. The van der Waals surface area contributed by atoms with Crippen LogP contribution in [0.5, 0.6) is 5.75 Å². The van der Waals surface area contributed by atoms with Gasteiger partial charge in [0.15, 0.2) is 0 Å². The molecule has 0 aliphatic rings. The molecule has 0 aromatic heterocycles. The molecular formula is C13H6BrF3O2. The highest BCUT2D eigenvalue weighted by molar-refractivity contribution is 9.10. The molecule has 0 unspecified atom stereocenters. The Hall–Kier alpha value is -1.82. The Labute approximate surface area is 114 Å². The van der Waals surface area contributed by atoms with Crippen molar-refractivity contribution in [2.24, 2.45) is 0 Å². The Morgan fingerprint density at radius 1 is 1.05 bits per heavy atom. The van der Waals surface area contributed by atoms with E-state index in [2.05, 4.69) is 15.9 Å². The molecule has 6 heteroatoms. The lowest BCUT2D eigenvalue weighted by Crippen LogP contribution is -2.13. The third kappa shape index (κ3) is 2.96. The summed E-state index contributed by atoms with van der Waals surface area (Å²) >= 11 is 2.98. The Balaban J connectivity index is 2.31. The van der Waals surface area contributed by atoms with Gasteiger partial charge in [0.25, 0.3) is 0 Å². The van der Waals surface area contributed by atoms with Crippen LogP contribution in [-0.4, -0.2) is 5.97 Å². The lowest BCUT2D eigenvalue weighted by atomic mass is 10.2. The number of carbonyl (C=O) groups excluding carboxylic acids is 1. The smallest absolute Gasteiger partial charge is 0.349 e. The number of carbonyl (C=O) groups is 1. The average Bonchev–Trinajstić information content (AvgIpc) is 2.32. The number of hydrogen-bond acceptors (Lipinski definition) is 2. The molecule has 0 aliphatic heterocycles. The number of benzene rings is 2. The summed E-state index contributed by atoms with van der Waals surface area (Å²) in [5.74, 6) is -3.81. The van der Waals surface area contributed by atoms with Gasteiger partial charge in [0, 0.05) is 0 Å². The van der Waals surface area contributed by atoms with Crippen molar-refractivity contribution >= 4 is 21.9 Å². The molecule has 0 heterocycles. The van der Waals surface area contributed by atoms with Crippen LogP contribution in [-0.2, 0) is 0 Å². The lowest BCUT2D eigenvalue weighted by Gasteiger charge is -2.07. The summed E-state index contributed by atoms with van der Waals surface area (Å²) in [4.78, 5) is 11.7. The van der Waals surface area contributed by atoms with E-state index in [1.165, 1.54) is 6.07 Å². The minimum atomic E-state index is -1.19. The first kappa shape index (κ1) is 13.6. The summed E-state index contributed by atoms with van der Waals surface area (Å²) in [5, 5.41) is 0. The highest BCUT2D eigenvalue weighted by Gasteiger charge is 2.20. The molecule has 2 nitrogen and oxygen atoms in total. The third-order valence-electron chi connectivity index (χ3n) is 2.26. The maximum Gasteiger partial charge on any atom is 0.349 e. The topological polar surface area (TPSA) is 26.3 Å². The average molecular weight is 331 g/mol. The number of ether oxygens (including phenoxy) is 1. The van der Waals surface area contributed by atoms with Crippen LogP contribution >= 0.6 is 15.9 Å². The highest BCUT2D eigenvalue weighted by atomic mass is 79.9. The molecule has 0 atom stereocenters. The van der Waals surface area contributed by atoms with Crippen LogP contribution in [0.3, 0.4) is 0 Å². The van der Waals surface area contributed by atoms with Crippen molar-refractivity contribution < 1.29 is 22.7 Å². The third-order valence-corrected chi connectivity index (χ3v) is 2.88. The van der Waals surface area contributed by atoms with Crippen LogP contribution in [0.25, 0.3) is 0 Å². The molecule has 0 spiro atoms. The first-order valence-corrected chi connectivity index (χ1v) is 5.89. The fourth-order valence-corrected chi connectivity index (χ4v) is 1.83. The number of hydrogen-bond donors (Lipinski definition) is 0. The summed E-state index contributed by atoms with van der Waals surface area (Å²) in [6.07, 6.45) is 0. The van der Waals surface area contributed by atoms with Crippen LogP contribution in [0.2, 0.25) is 0 Å². The van der Waals surface area contributed by atoms with E-state index < -0.39 is 29.0 Å². The second-order valence-electron chi connectivity index (χ2n) is 3.56. The van der Waals surface area contributed by atoms with Gasteiger partial charge in [-0.15, -0.1) is 0 Å². The Morgan fingerprint density at radius 2 is 1.68 bits per heavy atom. The van der Waals surface area contributed by atoms with Crippen molar-refractivity contribution in [3.63, 3.8) is 0 Å². The van der Waals surface area contributed by atoms with Crippen molar-refractivity contribution in [2.45, 2.75) is 0 Å². The van der Waals surface area contributed by atoms with E-state index in [0.717, 1.165) is 30.3 Å². The minimum Gasteiger partial charge on any atom is -0.422 e. The standard InChI is InChI=1S/C13H6BrF3O2/c14-8-6-7(15)4-5-11(8)19-13(18)12-9(16)2-1-3-10(12)17/h1-6H. The van der Waals surface area contributed by atoms with Crippen LogP contribution in [0.15, 0.2) is 40.9 Å². The van der Waals surface area contributed by atoms with Crippen molar-refractivity contribution in [3.05, 3.63) is 63.9 Å². The van der Waals surface area contributed by atoms with E-state index in [1.54, 1.807) is 0 Å². The van der Waals surface area contributed by atoms with Crippen molar-refractivity contribution in [1.82, 2.24) is 0 Å². The van der Waals surface area contributed by atoms with Crippen molar-refractivity contribution in [1.29, 1.82) is 0 Å². The zero-order valence-corrected chi connectivity index (χ0v) is 10.9. The van der Waals surface area contributed by atoms with Crippen LogP contribution < -0.4 is 4.74 Å². The first-order chi connectivity index (χ1) is 8.99. The predicted octanol–water partition coefficient (Wildman–Crippen LogP) is 4.09. The van der Waals surface area contributed by atoms with Gasteiger partial charge in [-0.05, 0) is 46.3 Å². The second-order valence-corrected chi connectivity index (χ2v) is 4.42. The molecule has 0 radical (unpaired) electrons. The summed E-state index contributed by atoms with van der Waals surface area (Å²) in [6.45, 7) is 0. The van der Waals surface area contributed by atoms with Gasteiger partial charge in [-0.2, -0.15) is 0 Å². The molecule has 19 heavy (non-hydrogen) atoms. The van der Waals surface area contributed by atoms with E-state index in [9.17, 15) is 18.0 Å². The van der Waals surface area contributed by atoms with Gasteiger partial charge in [-0.3, -0.25) is 0 Å². The van der Waals surface area contributed by atoms with Crippen molar-refractivity contribution in [2.75, 3.05) is 0 Å². The lowest BCUT2D eigenvalue weighted by molar-refractivity contribution is 0.0723. The Kier molecular flexibility index (Phi) is 3.90. The number of halogens is 4. The molecule has 0 saturated heterocycles. The maximum absolute atomic E-state index is 13.4. The van der Waals surface area contributed by atoms with Crippen LogP contribution in [0.1, 0.15) is 10.4 Å². The molecule has 0 bridgehead atoms. The molecule has 2 aromatic carbocycles. The molecule has 0 aliphatic carbocycles. The van der Waals surface area contributed by atoms with Crippen molar-refractivity contribution in [3.8, 4) is 5.75 Å². The van der Waals surface area contributed by atoms with Crippen LogP contribution in [0.4, 0.5) is 13.2 Å². The molecule has 2 rings (SSSR count). The zero-order valence-electron chi connectivity index (χ0n) is 9.29. The van der Waals surface area contributed by atoms with E-state index in [-0.39, 0.29) is 10.2 Å². The number of rotatable bonds is 2. The summed E-state index contributed by atoms with van der Waals surface area (Å²) in [5.41, 5.74) is -0.793. The molecule has 0 amide bonds.